The summed E-state index contributed by atoms with van der Waals surface area (Å²) in [6.45, 7) is 3.94. The molecule has 2 aromatic carbocycles. The molecule has 0 atom stereocenters. The van der Waals surface area contributed by atoms with Crippen molar-refractivity contribution in [2.75, 3.05) is 45.2 Å². The maximum absolute atomic E-state index is 5.29. The molecular formula is C27H27N5O. The Kier molecular flexibility index (Phi) is 6.00. The molecule has 1 aliphatic rings. The largest absolute Gasteiger partial charge is 0.497 e. The minimum absolute atomic E-state index is 0.733. The summed E-state index contributed by atoms with van der Waals surface area (Å²) in [5.41, 5.74) is 4.98. The molecule has 0 saturated carbocycles. The lowest BCUT2D eigenvalue weighted by Crippen LogP contribution is -2.44. The molecule has 166 valence electrons. The third kappa shape index (κ3) is 4.71. The summed E-state index contributed by atoms with van der Waals surface area (Å²) in [7, 11) is 3.84. The number of aromatic nitrogens is 3. The van der Waals surface area contributed by atoms with E-state index in [2.05, 4.69) is 46.1 Å². The van der Waals surface area contributed by atoms with E-state index in [1.807, 2.05) is 54.9 Å². The molecular weight excluding hydrogens is 410 g/mol. The molecule has 1 aliphatic heterocycles. The van der Waals surface area contributed by atoms with E-state index < -0.39 is 0 Å². The van der Waals surface area contributed by atoms with Crippen LogP contribution >= 0.6 is 0 Å². The molecule has 0 aliphatic carbocycles. The number of rotatable bonds is 5. The van der Waals surface area contributed by atoms with Crippen LogP contribution in [0.4, 0.5) is 5.82 Å². The highest BCUT2D eigenvalue weighted by Crippen LogP contribution is 2.29. The second-order valence-corrected chi connectivity index (χ2v) is 8.28. The van der Waals surface area contributed by atoms with Crippen molar-refractivity contribution in [1.29, 1.82) is 0 Å². The first-order chi connectivity index (χ1) is 16.2. The molecule has 6 heteroatoms. The SMILES string of the molecule is COc1ccc(-c2cncc(-c3cc(N4CCN(C)CC4)nc(-c4ccccc4)n3)c2)cc1. The average molecular weight is 438 g/mol. The van der Waals surface area contributed by atoms with Crippen molar-refractivity contribution in [1.82, 2.24) is 19.9 Å². The van der Waals surface area contributed by atoms with E-state index in [0.29, 0.717) is 0 Å². The van der Waals surface area contributed by atoms with E-state index in [1.165, 1.54) is 0 Å². The lowest BCUT2D eigenvalue weighted by atomic mass is 10.0. The minimum Gasteiger partial charge on any atom is -0.497 e. The van der Waals surface area contributed by atoms with Gasteiger partial charge in [0.05, 0.1) is 12.8 Å². The van der Waals surface area contributed by atoms with E-state index in [4.69, 9.17) is 14.7 Å². The summed E-state index contributed by atoms with van der Waals surface area (Å²) in [5, 5.41) is 0. The van der Waals surface area contributed by atoms with Crippen molar-refractivity contribution in [3.05, 3.63) is 79.1 Å². The van der Waals surface area contributed by atoms with Gasteiger partial charge in [0.25, 0.3) is 0 Å². The molecule has 0 radical (unpaired) electrons. The van der Waals surface area contributed by atoms with Gasteiger partial charge in [-0.25, -0.2) is 9.97 Å². The van der Waals surface area contributed by atoms with Crippen LogP contribution in [0, 0.1) is 0 Å². The average Bonchev–Trinajstić information content (AvgIpc) is 2.89. The number of anilines is 1. The molecule has 2 aromatic heterocycles. The zero-order valence-corrected chi connectivity index (χ0v) is 19.0. The fourth-order valence-electron chi connectivity index (χ4n) is 4.02. The van der Waals surface area contributed by atoms with Crippen molar-refractivity contribution in [2.45, 2.75) is 0 Å². The Labute approximate surface area is 194 Å². The van der Waals surface area contributed by atoms with Crippen molar-refractivity contribution in [2.24, 2.45) is 0 Å². The van der Waals surface area contributed by atoms with Crippen LogP contribution in [0.25, 0.3) is 33.8 Å². The molecule has 1 fully saturated rings. The summed E-state index contributed by atoms with van der Waals surface area (Å²) in [4.78, 5) is 19.1. The van der Waals surface area contributed by atoms with Gasteiger partial charge in [0, 0.05) is 61.3 Å². The van der Waals surface area contributed by atoms with Gasteiger partial charge in [-0.3, -0.25) is 4.98 Å². The number of likely N-dealkylation sites (N-methyl/N-ethyl adjacent to an activating group) is 1. The van der Waals surface area contributed by atoms with Crippen LogP contribution in [-0.2, 0) is 0 Å². The molecule has 6 nitrogen and oxygen atoms in total. The first-order valence-corrected chi connectivity index (χ1v) is 11.2. The second kappa shape index (κ2) is 9.38. The highest BCUT2D eigenvalue weighted by molar-refractivity contribution is 5.73. The number of methoxy groups -OCH3 is 1. The van der Waals surface area contributed by atoms with Gasteiger partial charge in [-0.2, -0.15) is 0 Å². The molecule has 0 spiro atoms. The van der Waals surface area contributed by atoms with Gasteiger partial charge in [-0.05, 0) is 30.8 Å². The predicted molar refractivity (Wildman–Crippen MR) is 132 cm³/mol. The standard InChI is InChI=1S/C27H27N5O/c1-31-12-14-32(15-13-31)26-17-25(29-27(30-26)21-6-4-3-5-7-21)23-16-22(18-28-19-23)20-8-10-24(33-2)11-9-20/h3-11,16-19H,12-15H2,1-2H3. The van der Waals surface area contributed by atoms with Crippen LogP contribution in [0.5, 0.6) is 5.75 Å². The molecule has 4 aromatic rings. The van der Waals surface area contributed by atoms with Crippen molar-refractivity contribution in [3.8, 4) is 39.5 Å². The molecule has 1 saturated heterocycles. The summed E-state index contributed by atoms with van der Waals surface area (Å²) >= 11 is 0. The number of benzene rings is 2. The zero-order valence-electron chi connectivity index (χ0n) is 19.0. The number of ether oxygens (including phenoxy) is 1. The maximum Gasteiger partial charge on any atom is 0.162 e. The molecule has 0 N–H and O–H groups in total. The molecule has 5 rings (SSSR count). The van der Waals surface area contributed by atoms with E-state index in [9.17, 15) is 0 Å². The maximum atomic E-state index is 5.29. The summed E-state index contributed by atoms with van der Waals surface area (Å²) in [6.07, 6.45) is 3.75. The van der Waals surface area contributed by atoms with Crippen molar-refractivity contribution in [3.63, 3.8) is 0 Å². The van der Waals surface area contributed by atoms with Crippen molar-refractivity contribution < 1.29 is 4.74 Å². The molecule has 0 bridgehead atoms. The summed E-state index contributed by atoms with van der Waals surface area (Å²) in [5.74, 6) is 2.53. The van der Waals surface area contributed by atoms with Gasteiger partial charge >= 0.3 is 0 Å². The van der Waals surface area contributed by atoms with Crippen LogP contribution < -0.4 is 9.64 Å². The smallest absolute Gasteiger partial charge is 0.162 e. The summed E-state index contributed by atoms with van der Waals surface area (Å²) in [6, 6.07) is 22.4. The summed E-state index contributed by atoms with van der Waals surface area (Å²) < 4.78 is 5.29. The fraction of sp³-hybridized carbons (Fsp3) is 0.222. The Morgan fingerprint density at radius 3 is 2.18 bits per heavy atom. The van der Waals surface area contributed by atoms with Gasteiger partial charge in [0.2, 0.25) is 0 Å². The second-order valence-electron chi connectivity index (χ2n) is 8.28. The molecule has 0 unspecified atom stereocenters. The van der Waals surface area contributed by atoms with E-state index >= 15 is 0 Å². The van der Waals surface area contributed by atoms with Crippen LogP contribution in [0.1, 0.15) is 0 Å². The highest BCUT2D eigenvalue weighted by Gasteiger charge is 2.18. The molecule has 3 heterocycles. The van der Waals surface area contributed by atoms with Gasteiger partial charge in [-0.15, -0.1) is 0 Å². The number of hydrogen-bond donors (Lipinski definition) is 0. The van der Waals surface area contributed by atoms with Gasteiger partial charge in [0.1, 0.15) is 11.6 Å². The Balaban J connectivity index is 1.56. The quantitative estimate of drug-likeness (QED) is 0.454. The first kappa shape index (κ1) is 21.1. The van der Waals surface area contributed by atoms with Gasteiger partial charge in [-0.1, -0.05) is 42.5 Å². The lowest BCUT2D eigenvalue weighted by molar-refractivity contribution is 0.312. The lowest BCUT2D eigenvalue weighted by Gasteiger charge is -2.33. The van der Waals surface area contributed by atoms with Crippen LogP contribution in [0.15, 0.2) is 79.1 Å². The zero-order chi connectivity index (χ0) is 22.6. The van der Waals surface area contributed by atoms with E-state index in [0.717, 1.165) is 71.5 Å². The Morgan fingerprint density at radius 1 is 0.727 bits per heavy atom. The number of hydrogen-bond acceptors (Lipinski definition) is 6. The molecule has 33 heavy (non-hydrogen) atoms. The normalized spacial score (nSPS) is 14.3. The van der Waals surface area contributed by atoms with E-state index in [1.54, 1.807) is 7.11 Å². The van der Waals surface area contributed by atoms with Gasteiger partial charge < -0.3 is 14.5 Å². The minimum atomic E-state index is 0.733. The number of nitrogens with zero attached hydrogens (tertiary/aromatic N) is 5. The van der Waals surface area contributed by atoms with Crippen molar-refractivity contribution >= 4 is 5.82 Å². The van der Waals surface area contributed by atoms with E-state index in [-0.39, 0.29) is 0 Å². The third-order valence-corrected chi connectivity index (χ3v) is 6.03. The Bertz CT molecular complexity index is 1220. The predicted octanol–water partition coefficient (Wildman–Crippen LogP) is 4.63. The van der Waals surface area contributed by atoms with Gasteiger partial charge in [0.15, 0.2) is 5.82 Å². The van der Waals surface area contributed by atoms with Crippen LogP contribution in [0.2, 0.25) is 0 Å². The fourth-order valence-corrected chi connectivity index (χ4v) is 4.02. The molecule has 0 amide bonds. The third-order valence-electron chi connectivity index (χ3n) is 6.03. The Hall–Kier alpha value is -3.77. The number of pyridine rings is 1. The highest BCUT2D eigenvalue weighted by atomic mass is 16.5. The first-order valence-electron chi connectivity index (χ1n) is 11.2. The van der Waals surface area contributed by atoms with Crippen LogP contribution in [-0.4, -0.2) is 60.2 Å². The monoisotopic (exact) mass is 437 g/mol. The topological polar surface area (TPSA) is 54.4 Å². The number of piperazine rings is 1. The van der Waals surface area contributed by atoms with Crippen LogP contribution in [0.3, 0.4) is 0 Å². The Morgan fingerprint density at radius 2 is 1.45 bits per heavy atom.